The molecule has 3 nitrogen and oxygen atoms in total. The Morgan fingerprint density at radius 3 is 2.81 bits per heavy atom. The molecule has 0 spiro atoms. The first-order valence-electron chi connectivity index (χ1n) is 9.23. The van der Waals surface area contributed by atoms with Gasteiger partial charge in [0.15, 0.2) is 5.78 Å². The van der Waals surface area contributed by atoms with Crippen LogP contribution in [-0.4, -0.2) is 35.9 Å². The monoisotopic (exact) mass is 379 g/mol. The number of carbonyl (C=O) groups excluding carboxylic acids is 1. The van der Waals surface area contributed by atoms with Crippen molar-refractivity contribution in [3.05, 3.63) is 87.5 Å². The molecule has 0 saturated heterocycles. The second kappa shape index (κ2) is 7.34. The van der Waals surface area contributed by atoms with Crippen LogP contribution in [0.25, 0.3) is 0 Å². The van der Waals surface area contributed by atoms with Crippen LogP contribution in [0.15, 0.2) is 60.2 Å². The molecule has 1 N–H and O–H groups in total. The van der Waals surface area contributed by atoms with E-state index >= 15 is 0 Å². The van der Waals surface area contributed by atoms with E-state index < -0.39 is 0 Å². The van der Waals surface area contributed by atoms with E-state index in [0.717, 1.165) is 47.3 Å². The number of hydrogen-bond acceptors (Lipinski definition) is 3. The molecule has 27 heavy (non-hydrogen) atoms. The van der Waals surface area contributed by atoms with Gasteiger partial charge in [0.2, 0.25) is 0 Å². The summed E-state index contributed by atoms with van der Waals surface area (Å²) in [7, 11) is 2.09. The summed E-state index contributed by atoms with van der Waals surface area (Å²) in [5.41, 5.74) is 4.76. The first-order chi connectivity index (χ1) is 13.0. The summed E-state index contributed by atoms with van der Waals surface area (Å²) in [5.74, 6) is 0.185. The second-order valence-electron chi connectivity index (χ2n) is 7.31. The van der Waals surface area contributed by atoms with Crippen LogP contribution in [0, 0.1) is 0 Å². The van der Waals surface area contributed by atoms with Crippen LogP contribution >= 0.6 is 11.6 Å². The molecule has 138 valence electrons. The molecule has 1 unspecified atom stereocenters. The number of likely N-dealkylation sites (N-methyl/N-ethyl adjacent to an activating group) is 1. The van der Waals surface area contributed by atoms with Gasteiger partial charge in [-0.25, -0.2) is 0 Å². The minimum atomic E-state index is 0.00535. The average molecular weight is 380 g/mol. The minimum absolute atomic E-state index is 0.00535. The number of benzene rings is 2. The fourth-order valence-electron chi connectivity index (χ4n) is 4.03. The van der Waals surface area contributed by atoms with Crippen molar-refractivity contribution in [2.24, 2.45) is 0 Å². The second-order valence-corrected chi connectivity index (χ2v) is 7.72. The normalized spacial score (nSPS) is 19.5. The minimum Gasteiger partial charge on any atom is -0.506 e. The number of allylic oxidation sites excluding steroid dienone is 4. The fraction of sp³-hybridized carbons (Fsp3) is 0.261. The smallest absolute Gasteiger partial charge is 0.189 e. The highest BCUT2D eigenvalue weighted by atomic mass is 35.5. The van der Waals surface area contributed by atoms with Gasteiger partial charge in [0.1, 0.15) is 5.75 Å². The third kappa shape index (κ3) is 3.45. The lowest BCUT2D eigenvalue weighted by molar-refractivity contribution is 0.103. The van der Waals surface area contributed by atoms with Crippen LogP contribution in [0.3, 0.4) is 0 Å². The van der Waals surface area contributed by atoms with Gasteiger partial charge in [-0.2, -0.15) is 0 Å². The van der Waals surface area contributed by atoms with Gasteiger partial charge in [0.25, 0.3) is 0 Å². The van der Waals surface area contributed by atoms with Gasteiger partial charge in [-0.3, -0.25) is 4.79 Å². The number of phenols is 1. The molecule has 0 bridgehead atoms. The highest BCUT2D eigenvalue weighted by molar-refractivity contribution is 6.32. The largest absolute Gasteiger partial charge is 0.506 e. The lowest BCUT2D eigenvalue weighted by Gasteiger charge is -2.24. The summed E-state index contributed by atoms with van der Waals surface area (Å²) in [6.45, 7) is 1.70. The first-order valence-corrected chi connectivity index (χ1v) is 9.61. The molecular formula is C23H22ClNO2. The molecular weight excluding hydrogens is 358 g/mol. The molecule has 4 heteroatoms. The topological polar surface area (TPSA) is 40.5 Å². The van der Waals surface area contributed by atoms with Crippen molar-refractivity contribution >= 4 is 17.4 Å². The highest BCUT2D eigenvalue weighted by Crippen LogP contribution is 2.38. The lowest BCUT2D eigenvalue weighted by Crippen LogP contribution is -2.25. The van der Waals surface area contributed by atoms with Crippen LogP contribution in [-0.2, 0) is 6.42 Å². The summed E-state index contributed by atoms with van der Waals surface area (Å²) in [6, 6.07) is 11.5. The first kappa shape index (κ1) is 18.0. The quantitative estimate of drug-likeness (QED) is 0.783. The Labute approximate surface area is 164 Å². The number of nitrogens with zero attached hydrogens (tertiary/aromatic N) is 1. The Balaban J connectivity index is 1.84. The molecule has 2 aromatic carbocycles. The van der Waals surface area contributed by atoms with Gasteiger partial charge in [0.05, 0.1) is 5.02 Å². The third-order valence-electron chi connectivity index (χ3n) is 5.48. The number of aromatic hydroxyl groups is 1. The summed E-state index contributed by atoms with van der Waals surface area (Å²) in [4.78, 5) is 15.4. The molecule has 1 heterocycles. The third-order valence-corrected chi connectivity index (χ3v) is 5.79. The van der Waals surface area contributed by atoms with E-state index in [2.05, 4.69) is 11.9 Å². The lowest BCUT2D eigenvalue weighted by atomic mass is 9.83. The maximum atomic E-state index is 13.1. The number of phenolic OH excluding ortho intramolecular Hbond substituents is 1. The molecule has 2 aromatic rings. The zero-order chi connectivity index (χ0) is 19.0. The van der Waals surface area contributed by atoms with Crippen LogP contribution < -0.4 is 0 Å². The summed E-state index contributed by atoms with van der Waals surface area (Å²) < 4.78 is 0. The molecule has 2 aliphatic rings. The van der Waals surface area contributed by atoms with Crippen molar-refractivity contribution in [3.63, 3.8) is 0 Å². The Morgan fingerprint density at radius 1 is 1.22 bits per heavy atom. The number of Topliss-reactive ketones (excluding diaryl/α,β-unsaturated/α-hetero) is 1. The number of fused-ring (bicyclic) bond motifs is 1. The van der Waals surface area contributed by atoms with E-state index in [9.17, 15) is 9.90 Å². The zero-order valence-corrected chi connectivity index (χ0v) is 16.0. The molecule has 1 aliphatic carbocycles. The average Bonchev–Trinajstić information content (AvgIpc) is 3.16. The molecule has 0 fully saturated rings. The SMILES string of the molecule is CN1CCc2cc(Cl)c(O)cc2C(c2ccccc2C(=O)C2=CC=CC2)C1. The van der Waals surface area contributed by atoms with Gasteiger partial charge in [0, 0.05) is 30.1 Å². The number of ketones is 1. The molecule has 0 amide bonds. The van der Waals surface area contributed by atoms with Crippen molar-refractivity contribution in [1.82, 2.24) is 4.90 Å². The van der Waals surface area contributed by atoms with Crippen LogP contribution in [0.4, 0.5) is 0 Å². The molecule has 0 radical (unpaired) electrons. The van der Waals surface area contributed by atoms with Gasteiger partial charge in [-0.15, -0.1) is 0 Å². The van der Waals surface area contributed by atoms with Crippen molar-refractivity contribution in [2.75, 3.05) is 20.1 Å². The van der Waals surface area contributed by atoms with Gasteiger partial charge in [-0.1, -0.05) is 54.1 Å². The van der Waals surface area contributed by atoms with E-state index in [1.54, 1.807) is 6.07 Å². The number of halogens is 1. The number of rotatable bonds is 3. The van der Waals surface area contributed by atoms with Crippen LogP contribution in [0.1, 0.15) is 39.4 Å². The van der Waals surface area contributed by atoms with Crippen molar-refractivity contribution < 1.29 is 9.90 Å². The van der Waals surface area contributed by atoms with Crippen molar-refractivity contribution in [2.45, 2.75) is 18.8 Å². The Bertz CT molecular complexity index is 961. The molecule has 1 aliphatic heterocycles. The number of hydrogen-bond donors (Lipinski definition) is 1. The van der Waals surface area contributed by atoms with Gasteiger partial charge >= 0.3 is 0 Å². The van der Waals surface area contributed by atoms with Crippen molar-refractivity contribution in [3.8, 4) is 5.75 Å². The Hall–Kier alpha value is -2.36. The Morgan fingerprint density at radius 2 is 2.04 bits per heavy atom. The predicted molar refractivity (Wildman–Crippen MR) is 109 cm³/mol. The maximum Gasteiger partial charge on any atom is 0.189 e. The van der Waals surface area contributed by atoms with Gasteiger partial charge in [-0.05, 0) is 48.7 Å². The maximum absolute atomic E-state index is 13.1. The molecule has 0 saturated carbocycles. The van der Waals surface area contributed by atoms with E-state index in [1.807, 2.05) is 48.6 Å². The molecule has 0 aromatic heterocycles. The molecule has 4 rings (SSSR count). The predicted octanol–water partition coefficient (Wildman–Crippen LogP) is 4.73. The summed E-state index contributed by atoms with van der Waals surface area (Å²) >= 11 is 6.16. The van der Waals surface area contributed by atoms with Gasteiger partial charge < -0.3 is 10.0 Å². The standard InChI is InChI=1S/C23H22ClNO2/c1-25-11-10-16-12-21(24)22(26)13-19(16)20(14-25)17-8-4-5-9-18(17)23(27)15-6-2-3-7-15/h2-6,8-9,12-13,20,26H,7,10-11,14H2,1H3. The highest BCUT2D eigenvalue weighted by Gasteiger charge is 2.28. The van der Waals surface area contributed by atoms with Crippen LogP contribution in [0.2, 0.25) is 5.02 Å². The van der Waals surface area contributed by atoms with Crippen molar-refractivity contribution in [1.29, 1.82) is 0 Å². The van der Waals surface area contributed by atoms with E-state index in [0.29, 0.717) is 11.4 Å². The van der Waals surface area contributed by atoms with E-state index in [-0.39, 0.29) is 17.5 Å². The molecule has 1 atom stereocenters. The van der Waals surface area contributed by atoms with Crippen LogP contribution in [0.5, 0.6) is 5.75 Å². The van der Waals surface area contributed by atoms with E-state index in [1.165, 1.54) is 0 Å². The fourth-order valence-corrected chi connectivity index (χ4v) is 4.22. The zero-order valence-electron chi connectivity index (χ0n) is 15.3. The van der Waals surface area contributed by atoms with E-state index in [4.69, 9.17) is 11.6 Å². The Kier molecular flexibility index (Phi) is 4.90. The number of carbonyl (C=O) groups is 1. The summed E-state index contributed by atoms with van der Waals surface area (Å²) in [5, 5.41) is 10.6. The summed E-state index contributed by atoms with van der Waals surface area (Å²) in [6.07, 6.45) is 7.39.